The molecule has 144 valence electrons. The molecular formula is C19H21ClN2O4S. The molecule has 8 heteroatoms. The third-order valence-electron chi connectivity index (χ3n) is 4.58. The number of halogens is 1. The summed E-state index contributed by atoms with van der Waals surface area (Å²) < 4.78 is 32.9. The number of ether oxygens (including phenoxy) is 1. The zero-order chi connectivity index (χ0) is 19.6. The number of nitrogens with one attached hydrogen (secondary N) is 1. The predicted octanol–water partition coefficient (Wildman–Crippen LogP) is 2.99. The number of sulfonamides is 1. The maximum Gasteiger partial charge on any atom is 0.240 e. The molecule has 1 unspecified atom stereocenters. The van der Waals surface area contributed by atoms with Crippen LogP contribution in [0.2, 0.25) is 5.02 Å². The summed E-state index contributed by atoms with van der Waals surface area (Å²) >= 11 is 5.88. The third-order valence-corrected chi connectivity index (χ3v) is 6.26. The molecule has 6 nitrogen and oxygen atoms in total. The average Bonchev–Trinajstić information content (AvgIpc) is 3.01. The Bertz CT molecular complexity index is 945. The fourth-order valence-electron chi connectivity index (χ4n) is 3.12. The van der Waals surface area contributed by atoms with Crippen LogP contribution in [-0.4, -0.2) is 34.5 Å². The van der Waals surface area contributed by atoms with E-state index in [2.05, 4.69) is 4.72 Å². The number of amides is 1. The van der Waals surface area contributed by atoms with Crippen molar-refractivity contribution >= 4 is 33.2 Å². The Balaban J connectivity index is 1.65. The second kappa shape index (κ2) is 7.88. The standard InChI is InChI=1S/C19H21ClN2O4S/c1-13-9-17(7-8-18(13)26-2)27(24,25)21-11-14-10-19(23)22(12-14)16-5-3-15(20)4-6-16/h3-9,14,21H,10-12H2,1-2H3. The molecular weight excluding hydrogens is 388 g/mol. The summed E-state index contributed by atoms with van der Waals surface area (Å²) in [6.07, 6.45) is 0.298. The SMILES string of the molecule is COc1ccc(S(=O)(=O)NCC2CC(=O)N(c3ccc(Cl)cc3)C2)cc1C. The summed E-state index contributed by atoms with van der Waals surface area (Å²) in [7, 11) is -2.11. The Morgan fingerprint density at radius 2 is 1.93 bits per heavy atom. The zero-order valence-corrected chi connectivity index (χ0v) is 16.7. The number of carbonyl (C=O) groups is 1. The van der Waals surface area contributed by atoms with Crippen LogP contribution in [-0.2, 0) is 14.8 Å². The van der Waals surface area contributed by atoms with Crippen molar-refractivity contribution in [3.05, 3.63) is 53.1 Å². The van der Waals surface area contributed by atoms with Gasteiger partial charge in [-0.2, -0.15) is 0 Å². The smallest absolute Gasteiger partial charge is 0.240 e. The summed E-state index contributed by atoms with van der Waals surface area (Å²) in [6, 6.07) is 11.7. The van der Waals surface area contributed by atoms with Crippen molar-refractivity contribution in [1.82, 2.24) is 4.72 Å². The van der Waals surface area contributed by atoms with Crippen LogP contribution >= 0.6 is 11.6 Å². The van der Waals surface area contributed by atoms with Gasteiger partial charge in [0, 0.05) is 30.2 Å². The lowest BCUT2D eigenvalue weighted by Crippen LogP contribution is -2.31. The maximum absolute atomic E-state index is 12.5. The molecule has 0 aromatic heterocycles. The monoisotopic (exact) mass is 408 g/mol. The first kappa shape index (κ1) is 19.7. The van der Waals surface area contributed by atoms with E-state index in [1.807, 2.05) is 0 Å². The van der Waals surface area contributed by atoms with Gasteiger partial charge in [-0.15, -0.1) is 0 Å². The number of carbonyl (C=O) groups excluding carboxylic acids is 1. The minimum Gasteiger partial charge on any atom is -0.496 e. The van der Waals surface area contributed by atoms with Crippen molar-refractivity contribution in [3.63, 3.8) is 0 Å². The molecule has 27 heavy (non-hydrogen) atoms. The van der Waals surface area contributed by atoms with Crippen molar-refractivity contribution in [2.45, 2.75) is 18.2 Å². The van der Waals surface area contributed by atoms with E-state index in [4.69, 9.17) is 16.3 Å². The third kappa shape index (κ3) is 4.43. The van der Waals surface area contributed by atoms with Gasteiger partial charge in [0.2, 0.25) is 15.9 Å². The van der Waals surface area contributed by atoms with Gasteiger partial charge in [-0.25, -0.2) is 13.1 Å². The fraction of sp³-hybridized carbons (Fsp3) is 0.316. The van der Waals surface area contributed by atoms with Crippen LogP contribution in [0.15, 0.2) is 47.4 Å². The van der Waals surface area contributed by atoms with Gasteiger partial charge >= 0.3 is 0 Å². The van der Waals surface area contributed by atoms with Crippen LogP contribution in [0.3, 0.4) is 0 Å². The summed E-state index contributed by atoms with van der Waals surface area (Å²) in [5, 5.41) is 0.601. The Labute approximate surface area is 164 Å². The summed E-state index contributed by atoms with van der Waals surface area (Å²) in [5.74, 6) is 0.512. The molecule has 0 spiro atoms. The van der Waals surface area contributed by atoms with E-state index >= 15 is 0 Å². The van der Waals surface area contributed by atoms with Gasteiger partial charge in [0.25, 0.3) is 0 Å². The number of hydrogen-bond acceptors (Lipinski definition) is 4. The number of methoxy groups -OCH3 is 1. The van der Waals surface area contributed by atoms with Crippen LogP contribution < -0.4 is 14.4 Å². The van der Waals surface area contributed by atoms with Crippen LogP contribution in [0.4, 0.5) is 5.69 Å². The van der Waals surface area contributed by atoms with E-state index in [-0.39, 0.29) is 23.3 Å². The number of nitrogens with zero attached hydrogens (tertiary/aromatic N) is 1. The number of rotatable bonds is 6. The molecule has 1 fully saturated rings. The molecule has 1 amide bonds. The van der Waals surface area contributed by atoms with Gasteiger partial charge in [0.05, 0.1) is 12.0 Å². The molecule has 0 radical (unpaired) electrons. The molecule has 2 aromatic carbocycles. The number of anilines is 1. The topological polar surface area (TPSA) is 75.7 Å². The van der Waals surface area contributed by atoms with Crippen molar-refractivity contribution in [2.75, 3.05) is 25.1 Å². The molecule has 1 heterocycles. The molecule has 1 aliphatic rings. The van der Waals surface area contributed by atoms with E-state index in [1.165, 1.54) is 13.2 Å². The lowest BCUT2D eigenvalue weighted by atomic mass is 10.1. The van der Waals surface area contributed by atoms with E-state index in [1.54, 1.807) is 48.2 Å². The first-order valence-electron chi connectivity index (χ1n) is 8.50. The van der Waals surface area contributed by atoms with Crippen LogP contribution in [0.1, 0.15) is 12.0 Å². The quantitative estimate of drug-likeness (QED) is 0.797. The molecule has 1 saturated heterocycles. The van der Waals surface area contributed by atoms with E-state index in [9.17, 15) is 13.2 Å². The lowest BCUT2D eigenvalue weighted by Gasteiger charge is -2.17. The van der Waals surface area contributed by atoms with Crippen LogP contribution in [0.25, 0.3) is 0 Å². The molecule has 3 rings (SSSR count). The Kier molecular flexibility index (Phi) is 5.74. The Hall–Kier alpha value is -2.09. The molecule has 1 N–H and O–H groups in total. The van der Waals surface area contributed by atoms with Crippen LogP contribution in [0, 0.1) is 12.8 Å². The average molecular weight is 409 g/mol. The second-order valence-corrected chi connectivity index (χ2v) is 8.74. The predicted molar refractivity (Wildman–Crippen MR) is 105 cm³/mol. The largest absolute Gasteiger partial charge is 0.496 e. The second-order valence-electron chi connectivity index (χ2n) is 6.53. The van der Waals surface area contributed by atoms with Gasteiger partial charge < -0.3 is 9.64 Å². The fourth-order valence-corrected chi connectivity index (χ4v) is 4.44. The first-order chi connectivity index (χ1) is 12.8. The number of aryl methyl sites for hydroxylation is 1. The summed E-state index contributed by atoms with van der Waals surface area (Å²) in [4.78, 5) is 14.1. The Morgan fingerprint density at radius 1 is 1.22 bits per heavy atom. The van der Waals surface area contributed by atoms with Gasteiger partial charge in [-0.3, -0.25) is 4.79 Å². The molecule has 1 atom stereocenters. The molecule has 1 aliphatic heterocycles. The van der Waals surface area contributed by atoms with Gasteiger partial charge in [0.1, 0.15) is 5.75 Å². The highest BCUT2D eigenvalue weighted by molar-refractivity contribution is 7.89. The highest BCUT2D eigenvalue weighted by Gasteiger charge is 2.31. The highest BCUT2D eigenvalue weighted by atomic mass is 35.5. The minimum atomic E-state index is -3.65. The molecule has 0 bridgehead atoms. The van der Waals surface area contributed by atoms with E-state index in [0.29, 0.717) is 23.7 Å². The molecule has 0 aliphatic carbocycles. The van der Waals surface area contributed by atoms with Gasteiger partial charge in [0.15, 0.2) is 0 Å². The highest BCUT2D eigenvalue weighted by Crippen LogP contribution is 2.26. The van der Waals surface area contributed by atoms with Crippen molar-refractivity contribution in [3.8, 4) is 5.75 Å². The van der Waals surface area contributed by atoms with Crippen molar-refractivity contribution < 1.29 is 17.9 Å². The molecule has 2 aromatic rings. The molecule has 0 saturated carbocycles. The number of benzene rings is 2. The summed E-state index contributed by atoms with van der Waals surface area (Å²) in [5.41, 5.74) is 1.51. The summed E-state index contributed by atoms with van der Waals surface area (Å²) in [6.45, 7) is 2.45. The lowest BCUT2D eigenvalue weighted by molar-refractivity contribution is -0.117. The Morgan fingerprint density at radius 3 is 2.56 bits per heavy atom. The minimum absolute atomic E-state index is 0.0261. The van der Waals surface area contributed by atoms with Gasteiger partial charge in [-0.05, 0) is 60.9 Å². The normalized spacial score (nSPS) is 17.4. The van der Waals surface area contributed by atoms with E-state index < -0.39 is 10.0 Å². The van der Waals surface area contributed by atoms with Crippen molar-refractivity contribution in [2.24, 2.45) is 5.92 Å². The first-order valence-corrected chi connectivity index (χ1v) is 10.4. The van der Waals surface area contributed by atoms with Crippen LogP contribution in [0.5, 0.6) is 5.75 Å². The number of hydrogen-bond donors (Lipinski definition) is 1. The van der Waals surface area contributed by atoms with Crippen molar-refractivity contribution in [1.29, 1.82) is 0 Å². The van der Waals surface area contributed by atoms with Gasteiger partial charge in [-0.1, -0.05) is 11.6 Å². The maximum atomic E-state index is 12.5. The van der Waals surface area contributed by atoms with E-state index in [0.717, 1.165) is 11.3 Å². The zero-order valence-electron chi connectivity index (χ0n) is 15.1.